The molecule has 0 aliphatic carbocycles. The molecular formula is C16H24ClN3O4S. The number of rotatable bonds is 4. The Morgan fingerprint density at radius 2 is 1.72 bits per heavy atom. The van der Waals surface area contributed by atoms with Crippen molar-refractivity contribution in [3.63, 3.8) is 0 Å². The van der Waals surface area contributed by atoms with Crippen LogP contribution in [0.2, 0.25) is 0 Å². The van der Waals surface area contributed by atoms with Gasteiger partial charge in [0, 0.05) is 13.1 Å². The van der Waals surface area contributed by atoms with Gasteiger partial charge in [0.25, 0.3) is 0 Å². The Balaban J connectivity index is 0.00000312. The molecule has 1 aromatic carbocycles. The molecule has 7 nitrogen and oxygen atoms in total. The summed E-state index contributed by atoms with van der Waals surface area (Å²) in [6.07, 6.45) is 0. The number of halogens is 1. The zero-order valence-corrected chi connectivity index (χ0v) is 15.9. The average Bonchev–Trinajstić information content (AvgIpc) is 2.54. The molecule has 2 unspecified atom stereocenters. The summed E-state index contributed by atoms with van der Waals surface area (Å²) in [4.78, 5) is 26.3. The van der Waals surface area contributed by atoms with Gasteiger partial charge in [-0.1, -0.05) is 30.3 Å². The summed E-state index contributed by atoms with van der Waals surface area (Å²) >= 11 is 0. The van der Waals surface area contributed by atoms with Gasteiger partial charge >= 0.3 is 0 Å². The number of hydrogen-bond donors (Lipinski definition) is 2. The van der Waals surface area contributed by atoms with Gasteiger partial charge in [-0.25, -0.2) is 8.42 Å². The average molecular weight is 390 g/mol. The van der Waals surface area contributed by atoms with Crippen molar-refractivity contribution in [1.82, 2.24) is 10.2 Å². The standard InChI is InChI=1S/C16H23N3O4S.ClH/c1-12(14(20)19-8-10-24(22,23)11-9-19)18-15(21)16(2,17)13-6-4-3-5-7-13;/h3-7,12H,8-11,17H2,1-2H3,(H,18,21);1H. The first kappa shape index (κ1) is 21.4. The lowest BCUT2D eigenvalue weighted by molar-refractivity contribution is -0.137. The third-order valence-corrected chi connectivity index (χ3v) is 5.83. The number of nitrogens with two attached hydrogens (primary N) is 1. The predicted molar refractivity (Wildman–Crippen MR) is 98.1 cm³/mol. The molecule has 0 spiro atoms. The summed E-state index contributed by atoms with van der Waals surface area (Å²) in [6.45, 7) is 3.46. The van der Waals surface area contributed by atoms with E-state index in [9.17, 15) is 18.0 Å². The van der Waals surface area contributed by atoms with Gasteiger partial charge in [0.15, 0.2) is 9.84 Å². The number of carbonyl (C=O) groups is 2. The van der Waals surface area contributed by atoms with Crippen LogP contribution in [0.25, 0.3) is 0 Å². The highest BCUT2D eigenvalue weighted by molar-refractivity contribution is 7.91. The zero-order valence-electron chi connectivity index (χ0n) is 14.3. The third-order valence-electron chi connectivity index (χ3n) is 4.22. The molecule has 2 amide bonds. The Labute approximate surface area is 154 Å². The predicted octanol–water partition coefficient (Wildman–Crippen LogP) is 0.0440. The quantitative estimate of drug-likeness (QED) is 0.755. The number of nitrogens with one attached hydrogen (secondary N) is 1. The molecular weight excluding hydrogens is 366 g/mol. The molecule has 1 aliphatic rings. The third kappa shape index (κ3) is 5.17. The van der Waals surface area contributed by atoms with Crippen molar-refractivity contribution in [3.8, 4) is 0 Å². The lowest BCUT2D eigenvalue weighted by Crippen LogP contribution is -2.56. The lowest BCUT2D eigenvalue weighted by atomic mass is 9.92. The Morgan fingerprint density at radius 1 is 1.20 bits per heavy atom. The van der Waals surface area contributed by atoms with Crippen LogP contribution in [0.1, 0.15) is 19.4 Å². The van der Waals surface area contributed by atoms with Gasteiger partial charge in [-0.2, -0.15) is 0 Å². The topological polar surface area (TPSA) is 110 Å². The molecule has 1 saturated heterocycles. The van der Waals surface area contributed by atoms with Gasteiger partial charge < -0.3 is 16.0 Å². The first-order valence-electron chi connectivity index (χ1n) is 7.78. The molecule has 2 atom stereocenters. The molecule has 2 rings (SSSR count). The van der Waals surface area contributed by atoms with E-state index >= 15 is 0 Å². The highest BCUT2D eigenvalue weighted by atomic mass is 35.5. The number of carbonyl (C=O) groups excluding carboxylic acids is 2. The Kier molecular flexibility index (Phi) is 6.99. The van der Waals surface area contributed by atoms with E-state index in [1.807, 2.05) is 6.07 Å². The van der Waals surface area contributed by atoms with Crippen molar-refractivity contribution in [3.05, 3.63) is 35.9 Å². The van der Waals surface area contributed by atoms with Gasteiger partial charge in [0.1, 0.15) is 11.6 Å². The van der Waals surface area contributed by atoms with Crippen molar-refractivity contribution < 1.29 is 18.0 Å². The lowest BCUT2D eigenvalue weighted by Gasteiger charge is -2.31. The van der Waals surface area contributed by atoms with Gasteiger partial charge in [0.05, 0.1) is 11.5 Å². The van der Waals surface area contributed by atoms with Crippen LogP contribution in [-0.2, 0) is 25.0 Å². The van der Waals surface area contributed by atoms with Crippen LogP contribution in [0.3, 0.4) is 0 Å². The van der Waals surface area contributed by atoms with Crippen LogP contribution in [0.5, 0.6) is 0 Å². The highest BCUT2D eigenvalue weighted by Gasteiger charge is 2.34. The molecule has 25 heavy (non-hydrogen) atoms. The molecule has 1 aromatic rings. The minimum Gasteiger partial charge on any atom is -0.343 e. The summed E-state index contributed by atoms with van der Waals surface area (Å²) in [7, 11) is -3.06. The fourth-order valence-corrected chi connectivity index (χ4v) is 3.73. The van der Waals surface area contributed by atoms with Gasteiger partial charge in [-0.05, 0) is 19.4 Å². The van der Waals surface area contributed by atoms with Crippen molar-refractivity contribution >= 4 is 34.1 Å². The van der Waals surface area contributed by atoms with E-state index in [4.69, 9.17) is 5.73 Å². The van der Waals surface area contributed by atoms with Crippen LogP contribution >= 0.6 is 12.4 Å². The van der Waals surface area contributed by atoms with E-state index in [2.05, 4.69) is 5.32 Å². The number of benzene rings is 1. The summed E-state index contributed by atoms with van der Waals surface area (Å²) in [5.41, 5.74) is 5.51. The molecule has 1 aliphatic heterocycles. The van der Waals surface area contributed by atoms with E-state index < -0.39 is 27.3 Å². The van der Waals surface area contributed by atoms with Crippen molar-refractivity contribution in [2.24, 2.45) is 5.73 Å². The van der Waals surface area contributed by atoms with E-state index in [0.29, 0.717) is 5.56 Å². The maximum absolute atomic E-state index is 12.5. The molecule has 140 valence electrons. The van der Waals surface area contributed by atoms with Crippen molar-refractivity contribution in [2.45, 2.75) is 25.4 Å². The van der Waals surface area contributed by atoms with E-state index in [0.717, 1.165) is 0 Å². The number of hydrogen-bond acceptors (Lipinski definition) is 5. The van der Waals surface area contributed by atoms with Crippen molar-refractivity contribution in [2.75, 3.05) is 24.6 Å². The number of amides is 2. The molecule has 0 bridgehead atoms. The summed E-state index contributed by atoms with van der Waals surface area (Å²) in [5.74, 6) is -0.850. The highest BCUT2D eigenvalue weighted by Crippen LogP contribution is 2.17. The van der Waals surface area contributed by atoms with Gasteiger partial charge in [-0.15, -0.1) is 12.4 Å². The van der Waals surface area contributed by atoms with Crippen LogP contribution in [0.4, 0.5) is 0 Å². The fourth-order valence-electron chi connectivity index (χ4n) is 2.53. The number of nitrogens with zero attached hydrogens (tertiary/aromatic N) is 1. The first-order valence-corrected chi connectivity index (χ1v) is 9.60. The minimum atomic E-state index is -3.06. The SMILES string of the molecule is CC(NC(=O)C(C)(N)c1ccccc1)C(=O)N1CCS(=O)(=O)CC1.Cl. The second-order valence-corrected chi connectivity index (χ2v) is 8.54. The fraction of sp³-hybridized carbons (Fsp3) is 0.500. The maximum atomic E-state index is 12.5. The molecule has 3 N–H and O–H groups in total. The number of sulfone groups is 1. The van der Waals surface area contributed by atoms with Gasteiger partial charge in [0.2, 0.25) is 11.8 Å². The van der Waals surface area contributed by atoms with E-state index in [1.165, 1.54) is 4.90 Å². The summed E-state index contributed by atoms with van der Waals surface area (Å²) < 4.78 is 22.9. The zero-order chi connectivity index (χ0) is 18.0. The second-order valence-electron chi connectivity index (χ2n) is 6.24. The maximum Gasteiger partial charge on any atom is 0.245 e. The smallest absolute Gasteiger partial charge is 0.245 e. The van der Waals surface area contributed by atoms with Gasteiger partial charge in [-0.3, -0.25) is 9.59 Å². The molecule has 0 saturated carbocycles. The molecule has 0 aromatic heterocycles. The second kappa shape index (κ2) is 8.16. The summed E-state index contributed by atoms with van der Waals surface area (Å²) in [6, 6.07) is 8.13. The largest absolute Gasteiger partial charge is 0.343 e. The Hall–Kier alpha value is -1.64. The van der Waals surface area contributed by atoms with Crippen molar-refractivity contribution in [1.29, 1.82) is 0 Å². The minimum absolute atomic E-state index is 0. The molecule has 1 fully saturated rings. The first-order chi connectivity index (χ1) is 11.1. The monoisotopic (exact) mass is 389 g/mol. The van der Waals surface area contributed by atoms with E-state index in [1.54, 1.807) is 38.1 Å². The van der Waals surface area contributed by atoms with E-state index in [-0.39, 0.29) is 42.9 Å². The normalized spacial score (nSPS) is 19.9. The van der Waals surface area contributed by atoms with Crippen LogP contribution < -0.4 is 11.1 Å². The molecule has 1 heterocycles. The van der Waals surface area contributed by atoms with Crippen LogP contribution in [0, 0.1) is 0 Å². The Bertz CT molecular complexity index is 708. The van der Waals surface area contributed by atoms with Crippen LogP contribution in [0.15, 0.2) is 30.3 Å². The summed E-state index contributed by atoms with van der Waals surface area (Å²) in [5, 5.41) is 2.63. The van der Waals surface area contributed by atoms with Crippen LogP contribution in [-0.4, -0.2) is 55.8 Å². The Morgan fingerprint density at radius 3 is 2.24 bits per heavy atom. The molecule has 0 radical (unpaired) electrons. The molecule has 9 heteroatoms.